The highest BCUT2D eigenvalue weighted by molar-refractivity contribution is 5.68. The largest absolute Gasteiger partial charge is 0.481 e. The number of nitrogens with one attached hydrogen (secondary N) is 1. The molecular formula is C13H17NO2. The Kier molecular flexibility index (Phi) is 3.13. The molecule has 0 aromatic heterocycles. The maximum atomic E-state index is 10.7. The zero-order valence-electron chi connectivity index (χ0n) is 9.49. The second-order valence-corrected chi connectivity index (χ2v) is 4.45. The van der Waals surface area contributed by atoms with Gasteiger partial charge in [0.1, 0.15) is 0 Å². The first kappa shape index (κ1) is 11.0. The molecule has 1 unspecified atom stereocenters. The maximum absolute atomic E-state index is 10.7. The van der Waals surface area contributed by atoms with Crippen LogP contribution in [-0.4, -0.2) is 17.6 Å². The van der Waals surface area contributed by atoms with Crippen molar-refractivity contribution >= 4 is 11.7 Å². The summed E-state index contributed by atoms with van der Waals surface area (Å²) in [6, 6.07) is 6.25. The average molecular weight is 219 g/mol. The minimum atomic E-state index is -0.733. The molecule has 2 N–H and O–H groups in total. The number of aliphatic carboxylic acids is 1. The number of carboxylic acids is 1. The molecule has 1 aliphatic rings. The van der Waals surface area contributed by atoms with Gasteiger partial charge < -0.3 is 10.4 Å². The van der Waals surface area contributed by atoms with Crippen LogP contribution in [0.5, 0.6) is 0 Å². The van der Waals surface area contributed by atoms with Crippen LogP contribution < -0.4 is 5.32 Å². The van der Waals surface area contributed by atoms with Gasteiger partial charge in [0.2, 0.25) is 0 Å². The fourth-order valence-electron chi connectivity index (χ4n) is 2.18. The van der Waals surface area contributed by atoms with Crippen LogP contribution in [0.1, 0.15) is 36.8 Å². The fourth-order valence-corrected chi connectivity index (χ4v) is 2.18. The number of carbonyl (C=O) groups is 1. The number of carboxylic acid groups (broad SMARTS) is 1. The number of anilines is 1. The number of aryl methyl sites for hydroxylation is 1. The molecule has 0 aliphatic carbocycles. The van der Waals surface area contributed by atoms with Crippen LogP contribution in [0, 0.1) is 0 Å². The van der Waals surface area contributed by atoms with E-state index in [1.807, 2.05) is 13.0 Å². The first-order chi connectivity index (χ1) is 7.66. The fraction of sp³-hybridized carbons (Fsp3) is 0.462. The van der Waals surface area contributed by atoms with E-state index >= 15 is 0 Å². The van der Waals surface area contributed by atoms with Gasteiger partial charge in [0.15, 0.2) is 0 Å². The summed E-state index contributed by atoms with van der Waals surface area (Å²) in [6.07, 6.45) is 2.45. The molecule has 86 valence electrons. The highest BCUT2D eigenvalue weighted by Gasteiger charge is 2.13. The maximum Gasteiger partial charge on any atom is 0.303 e. The predicted molar refractivity (Wildman–Crippen MR) is 63.9 cm³/mol. The molecular weight excluding hydrogens is 202 g/mol. The Bertz CT molecular complexity index is 401. The molecule has 0 radical (unpaired) electrons. The number of rotatable bonds is 3. The molecule has 1 aromatic rings. The second-order valence-electron chi connectivity index (χ2n) is 4.45. The van der Waals surface area contributed by atoms with Crippen LogP contribution >= 0.6 is 0 Å². The van der Waals surface area contributed by atoms with E-state index in [1.54, 1.807) is 0 Å². The summed E-state index contributed by atoms with van der Waals surface area (Å²) in [4.78, 5) is 10.7. The van der Waals surface area contributed by atoms with Crippen LogP contribution in [0.25, 0.3) is 0 Å². The summed E-state index contributed by atoms with van der Waals surface area (Å²) < 4.78 is 0. The molecule has 0 amide bonds. The molecule has 0 fully saturated rings. The number of fused-ring (bicyclic) bond motifs is 1. The van der Waals surface area contributed by atoms with Crippen molar-refractivity contribution < 1.29 is 9.90 Å². The first-order valence-corrected chi connectivity index (χ1v) is 5.75. The molecule has 3 nitrogen and oxygen atoms in total. The summed E-state index contributed by atoms with van der Waals surface area (Å²) >= 11 is 0. The number of benzene rings is 1. The summed E-state index contributed by atoms with van der Waals surface area (Å²) in [5.41, 5.74) is 3.66. The third kappa shape index (κ3) is 2.35. The lowest BCUT2D eigenvalue weighted by Gasteiger charge is -2.20. The van der Waals surface area contributed by atoms with E-state index in [0.717, 1.165) is 24.9 Å². The molecule has 0 bridgehead atoms. The minimum absolute atomic E-state index is 0.0877. The van der Waals surface area contributed by atoms with Crippen molar-refractivity contribution in [2.45, 2.75) is 32.1 Å². The van der Waals surface area contributed by atoms with Gasteiger partial charge in [-0.05, 0) is 36.0 Å². The third-order valence-corrected chi connectivity index (χ3v) is 3.12. The quantitative estimate of drug-likeness (QED) is 0.821. The van der Waals surface area contributed by atoms with Crippen molar-refractivity contribution in [1.82, 2.24) is 0 Å². The lowest BCUT2D eigenvalue weighted by atomic mass is 9.93. The summed E-state index contributed by atoms with van der Waals surface area (Å²) in [5, 5.41) is 12.1. The highest BCUT2D eigenvalue weighted by atomic mass is 16.4. The highest BCUT2D eigenvalue weighted by Crippen LogP contribution is 2.27. The van der Waals surface area contributed by atoms with Gasteiger partial charge in [-0.1, -0.05) is 19.1 Å². The first-order valence-electron chi connectivity index (χ1n) is 5.75. The molecule has 0 spiro atoms. The van der Waals surface area contributed by atoms with E-state index in [1.165, 1.54) is 11.3 Å². The van der Waals surface area contributed by atoms with Crippen LogP contribution in [0.2, 0.25) is 0 Å². The van der Waals surface area contributed by atoms with Crippen LogP contribution in [0.15, 0.2) is 18.2 Å². The standard InChI is InChI=1S/C13H17NO2/c1-9(7-13(15)16)10-4-5-12-11(8-10)3-2-6-14-12/h4-5,8-9,14H,2-3,6-7H2,1H3,(H,15,16). The van der Waals surface area contributed by atoms with E-state index in [9.17, 15) is 4.79 Å². The van der Waals surface area contributed by atoms with Gasteiger partial charge >= 0.3 is 5.97 Å². The monoisotopic (exact) mass is 219 g/mol. The predicted octanol–water partition coefficient (Wildman–Crippen LogP) is 2.62. The minimum Gasteiger partial charge on any atom is -0.481 e. The Balaban J connectivity index is 2.19. The molecule has 2 rings (SSSR count). The van der Waals surface area contributed by atoms with Gasteiger partial charge in [0.05, 0.1) is 6.42 Å². The summed E-state index contributed by atoms with van der Waals surface area (Å²) in [6.45, 7) is 3.00. The van der Waals surface area contributed by atoms with E-state index in [0.29, 0.717) is 0 Å². The zero-order chi connectivity index (χ0) is 11.5. The smallest absolute Gasteiger partial charge is 0.303 e. The van der Waals surface area contributed by atoms with Crippen LogP contribution in [0.4, 0.5) is 5.69 Å². The van der Waals surface area contributed by atoms with E-state index in [2.05, 4.69) is 17.4 Å². The van der Waals surface area contributed by atoms with Gasteiger partial charge in [-0.3, -0.25) is 4.79 Å². The Hall–Kier alpha value is -1.51. The van der Waals surface area contributed by atoms with E-state index in [-0.39, 0.29) is 12.3 Å². The lowest BCUT2D eigenvalue weighted by Crippen LogP contribution is -2.12. The summed E-state index contributed by atoms with van der Waals surface area (Å²) in [7, 11) is 0. The van der Waals surface area contributed by atoms with Gasteiger partial charge in [0, 0.05) is 12.2 Å². The molecule has 0 saturated carbocycles. The second kappa shape index (κ2) is 4.56. The van der Waals surface area contributed by atoms with E-state index < -0.39 is 5.97 Å². The van der Waals surface area contributed by atoms with Crippen LogP contribution in [0.3, 0.4) is 0 Å². The normalized spacial score (nSPS) is 16.1. The molecule has 3 heteroatoms. The van der Waals surface area contributed by atoms with Gasteiger partial charge in [-0.25, -0.2) is 0 Å². The lowest BCUT2D eigenvalue weighted by molar-refractivity contribution is -0.137. The van der Waals surface area contributed by atoms with E-state index in [4.69, 9.17) is 5.11 Å². The third-order valence-electron chi connectivity index (χ3n) is 3.12. The van der Waals surface area contributed by atoms with Crippen molar-refractivity contribution in [2.75, 3.05) is 11.9 Å². The molecule has 1 aromatic carbocycles. The molecule has 1 atom stereocenters. The Morgan fingerprint density at radius 3 is 3.12 bits per heavy atom. The average Bonchev–Trinajstić information content (AvgIpc) is 2.27. The van der Waals surface area contributed by atoms with Crippen molar-refractivity contribution in [3.63, 3.8) is 0 Å². The van der Waals surface area contributed by atoms with Crippen molar-refractivity contribution in [1.29, 1.82) is 0 Å². The van der Waals surface area contributed by atoms with Gasteiger partial charge in [0.25, 0.3) is 0 Å². The van der Waals surface area contributed by atoms with Crippen LogP contribution in [-0.2, 0) is 11.2 Å². The Labute approximate surface area is 95.5 Å². The number of hydrogen-bond acceptors (Lipinski definition) is 2. The molecule has 16 heavy (non-hydrogen) atoms. The van der Waals surface area contributed by atoms with Crippen molar-refractivity contribution in [2.24, 2.45) is 0 Å². The van der Waals surface area contributed by atoms with Crippen molar-refractivity contribution in [3.8, 4) is 0 Å². The Morgan fingerprint density at radius 1 is 1.56 bits per heavy atom. The zero-order valence-corrected chi connectivity index (χ0v) is 9.49. The topological polar surface area (TPSA) is 49.3 Å². The summed E-state index contributed by atoms with van der Waals surface area (Å²) in [5.74, 6) is -0.645. The van der Waals surface area contributed by atoms with Crippen molar-refractivity contribution in [3.05, 3.63) is 29.3 Å². The molecule has 0 saturated heterocycles. The molecule has 1 heterocycles. The number of hydrogen-bond donors (Lipinski definition) is 2. The van der Waals surface area contributed by atoms with Gasteiger partial charge in [-0.2, -0.15) is 0 Å². The van der Waals surface area contributed by atoms with Gasteiger partial charge in [-0.15, -0.1) is 0 Å². The SMILES string of the molecule is CC(CC(=O)O)c1ccc2c(c1)CCCN2. The molecule has 1 aliphatic heterocycles. The Morgan fingerprint density at radius 2 is 2.38 bits per heavy atom.